The first-order valence-corrected chi connectivity index (χ1v) is 7.89. The molecule has 3 nitrogen and oxygen atoms in total. The molecule has 2 N–H and O–H groups in total. The van der Waals surface area contributed by atoms with Gasteiger partial charge in [0.05, 0.1) is 0 Å². The van der Waals surface area contributed by atoms with Gasteiger partial charge in [-0.2, -0.15) is 0 Å². The molecule has 1 saturated carbocycles. The highest BCUT2D eigenvalue weighted by Gasteiger charge is 2.24. The molecule has 0 radical (unpaired) electrons. The monoisotopic (exact) mass is 272 g/mol. The zero-order valence-electron chi connectivity index (χ0n) is 12.0. The molecule has 0 bridgehead atoms. The average molecular weight is 272 g/mol. The Morgan fingerprint density at radius 3 is 2.45 bits per heavy atom. The van der Waals surface area contributed by atoms with Crippen molar-refractivity contribution in [1.29, 1.82) is 0 Å². The van der Waals surface area contributed by atoms with Gasteiger partial charge in [-0.3, -0.25) is 4.79 Å². The first kappa shape index (κ1) is 13.6. The predicted molar refractivity (Wildman–Crippen MR) is 80.6 cm³/mol. The summed E-state index contributed by atoms with van der Waals surface area (Å²) in [5.41, 5.74) is 1.49. The molecule has 3 heteroatoms. The zero-order chi connectivity index (χ0) is 13.8. The Morgan fingerprint density at radius 1 is 1.05 bits per heavy atom. The highest BCUT2D eigenvalue weighted by molar-refractivity contribution is 5.78. The van der Waals surface area contributed by atoms with Crippen molar-refractivity contribution in [3.63, 3.8) is 0 Å². The van der Waals surface area contributed by atoms with E-state index in [2.05, 4.69) is 41.0 Å². The molecule has 1 aromatic rings. The Hall–Kier alpha value is -1.35. The normalized spacial score (nSPS) is 30.2. The van der Waals surface area contributed by atoms with E-state index in [-0.39, 0.29) is 5.91 Å². The molecule has 1 aromatic carbocycles. The van der Waals surface area contributed by atoms with Crippen molar-refractivity contribution in [3.05, 3.63) is 35.9 Å². The number of amides is 1. The van der Waals surface area contributed by atoms with Crippen LogP contribution in [0.25, 0.3) is 0 Å². The summed E-state index contributed by atoms with van der Waals surface area (Å²) >= 11 is 0. The second kappa shape index (κ2) is 6.40. The van der Waals surface area contributed by atoms with Gasteiger partial charge in [-0.25, -0.2) is 0 Å². The standard InChI is InChI=1S/C17H24N2O/c20-17-11-10-16(19-17)12-18-15-8-6-14(7-9-15)13-4-2-1-3-5-13/h1-5,14-16,18H,6-12H2,(H,19,20). The number of hydrogen-bond acceptors (Lipinski definition) is 2. The van der Waals surface area contributed by atoms with Gasteiger partial charge < -0.3 is 10.6 Å². The molecule has 0 aromatic heterocycles. The fourth-order valence-corrected chi connectivity index (χ4v) is 3.50. The molecule has 1 atom stereocenters. The van der Waals surface area contributed by atoms with Crippen LogP contribution in [0, 0.1) is 0 Å². The molecule has 1 unspecified atom stereocenters. The molecule has 20 heavy (non-hydrogen) atoms. The number of carbonyl (C=O) groups is 1. The van der Waals surface area contributed by atoms with Crippen molar-refractivity contribution in [2.75, 3.05) is 6.54 Å². The summed E-state index contributed by atoms with van der Waals surface area (Å²) in [5.74, 6) is 0.949. The fourth-order valence-electron chi connectivity index (χ4n) is 3.50. The zero-order valence-corrected chi connectivity index (χ0v) is 12.0. The lowest BCUT2D eigenvalue weighted by atomic mass is 9.82. The maximum Gasteiger partial charge on any atom is 0.220 e. The van der Waals surface area contributed by atoms with Crippen molar-refractivity contribution in [2.24, 2.45) is 0 Å². The van der Waals surface area contributed by atoms with Crippen molar-refractivity contribution in [3.8, 4) is 0 Å². The molecular formula is C17H24N2O. The molecular weight excluding hydrogens is 248 g/mol. The summed E-state index contributed by atoms with van der Waals surface area (Å²) in [5, 5.41) is 6.67. The largest absolute Gasteiger partial charge is 0.352 e. The first-order chi connectivity index (χ1) is 9.81. The van der Waals surface area contributed by atoms with E-state index in [4.69, 9.17) is 0 Å². The Kier molecular flexibility index (Phi) is 4.36. The molecule has 1 aliphatic heterocycles. The Balaban J connectivity index is 1.41. The van der Waals surface area contributed by atoms with Gasteiger partial charge in [-0.1, -0.05) is 30.3 Å². The minimum absolute atomic E-state index is 0.213. The summed E-state index contributed by atoms with van der Waals surface area (Å²) in [4.78, 5) is 11.2. The van der Waals surface area contributed by atoms with E-state index in [1.54, 1.807) is 0 Å². The number of nitrogens with one attached hydrogen (secondary N) is 2. The quantitative estimate of drug-likeness (QED) is 0.884. The van der Waals surface area contributed by atoms with Crippen LogP contribution >= 0.6 is 0 Å². The van der Waals surface area contributed by atoms with E-state index in [1.807, 2.05) is 0 Å². The number of rotatable bonds is 4. The summed E-state index contributed by atoms with van der Waals surface area (Å²) in [6.45, 7) is 0.937. The van der Waals surface area contributed by atoms with Crippen LogP contribution in [0.1, 0.15) is 50.0 Å². The minimum atomic E-state index is 0.213. The van der Waals surface area contributed by atoms with Crippen LogP contribution in [0.5, 0.6) is 0 Å². The van der Waals surface area contributed by atoms with Crippen LogP contribution in [0.2, 0.25) is 0 Å². The van der Waals surface area contributed by atoms with Gasteiger partial charge in [0.25, 0.3) is 0 Å². The summed E-state index contributed by atoms with van der Waals surface area (Å²) in [6.07, 6.45) is 6.75. The topological polar surface area (TPSA) is 41.1 Å². The Morgan fingerprint density at radius 2 is 1.80 bits per heavy atom. The second-order valence-corrected chi connectivity index (χ2v) is 6.17. The number of benzene rings is 1. The predicted octanol–water partition coefficient (Wildman–Crippen LogP) is 2.58. The van der Waals surface area contributed by atoms with Crippen LogP contribution in [0.3, 0.4) is 0 Å². The smallest absolute Gasteiger partial charge is 0.220 e. The summed E-state index contributed by atoms with van der Waals surface area (Å²) < 4.78 is 0. The van der Waals surface area contributed by atoms with Crippen LogP contribution < -0.4 is 10.6 Å². The van der Waals surface area contributed by atoms with Gasteiger partial charge in [0.1, 0.15) is 0 Å². The van der Waals surface area contributed by atoms with Gasteiger partial charge in [-0.05, 0) is 43.6 Å². The molecule has 2 fully saturated rings. The average Bonchev–Trinajstić information content (AvgIpc) is 2.92. The third-order valence-corrected chi connectivity index (χ3v) is 4.74. The summed E-state index contributed by atoms with van der Waals surface area (Å²) in [6, 6.07) is 11.9. The molecule has 1 aliphatic carbocycles. The van der Waals surface area contributed by atoms with E-state index in [0.29, 0.717) is 18.5 Å². The van der Waals surface area contributed by atoms with E-state index in [0.717, 1.165) is 18.9 Å². The number of hydrogen-bond donors (Lipinski definition) is 2. The lowest BCUT2D eigenvalue weighted by molar-refractivity contribution is -0.119. The van der Waals surface area contributed by atoms with E-state index in [1.165, 1.54) is 31.2 Å². The van der Waals surface area contributed by atoms with Crippen molar-refractivity contribution < 1.29 is 4.79 Å². The Labute approximate surface area is 121 Å². The third-order valence-electron chi connectivity index (χ3n) is 4.74. The molecule has 0 spiro atoms. The lowest BCUT2D eigenvalue weighted by Crippen LogP contribution is -2.41. The van der Waals surface area contributed by atoms with Gasteiger partial charge in [0.15, 0.2) is 0 Å². The fraction of sp³-hybridized carbons (Fsp3) is 0.588. The maximum atomic E-state index is 11.2. The molecule has 1 heterocycles. The van der Waals surface area contributed by atoms with Gasteiger partial charge in [0.2, 0.25) is 5.91 Å². The molecule has 1 saturated heterocycles. The Bertz CT molecular complexity index is 438. The lowest BCUT2D eigenvalue weighted by Gasteiger charge is -2.30. The van der Waals surface area contributed by atoms with Crippen molar-refractivity contribution >= 4 is 5.91 Å². The SMILES string of the molecule is O=C1CCC(CNC2CCC(c3ccccc3)CC2)N1. The van der Waals surface area contributed by atoms with Gasteiger partial charge >= 0.3 is 0 Å². The first-order valence-electron chi connectivity index (χ1n) is 7.89. The molecule has 2 aliphatic rings. The second-order valence-electron chi connectivity index (χ2n) is 6.17. The molecule has 1 amide bonds. The van der Waals surface area contributed by atoms with Crippen LogP contribution in [-0.2, 0) is 4.79 Å². The van der Waals surface area contributed by atoms with E-state index in [9.17, 15) is 4.79 Å². The van der Waals surface area contributed by atoms with E-state index >= 15 is 0 Å². The van der Waals surface area contributed by atoms with Gasteiger partial charge in [-0.15, -0.1) is 0 Å². The van der Waals surface area contributed by atoms with Crippen molar-refractivity contribution in [1.82, 2.24) is 10.6 Å². The number of carbonyl (C=O) groups excluding carboxylic acids is 1. The van der Waals surface area contributed by atoms with Crippen LogP contribution in [0.4, 0.5) is 0 Å². The highest BCUT2D eigenvalue weighted by atomic mass is 16.1. The van der Waals surface area contributed by atoms with Crippen molar-refractivity contribution in [2.45, 2.75) is 56.5 Å². The summed E-state index contributed by atoms with van der Waals surface area (Å²) in [7, 11) is 0. The van der Waals surface area contributed by atoms with Crippen LogP contribution in [0.15, 0.2) is 30.3 Å². The maximum absolute atomic E-state index is 11.2. The molecule has 3 rings (SSSR count). The van der Waals surface area contributed by atoms with Crippen LogP contribution in [-0.4, -0.2) is 24.5 Å². The molecule has 108 valence electrons. The third kappa shape index (κ3) is 3.40. The van der Waals surface area contributed by atoms with E-state index < -0.39 is 0 Å². The minimum Gasteiger partial charge on any atom is -0.352 e. The highest BCUT2D eigenvalue weighted by Crippen LogP contribution is 2.32. The van der Waals surface area contributed by atoms with Gasteiger partial charge in [0, 0.05) is 25.0 Å².